The molecule has 0 atom stereocenters. The normalized spacial score (nSPS) is 9.87. The van der Waals surface area contributed by atoms with Crippen molar-refractivity contribution in [3.8, 4) is 11.1 Å². The van der Waals surface area contributed by atoms with E-state index >= 15 is 0 Å². The lowest BCUT2D eigenvalue weighted by Gasteiger charge is -2.02. The van der Waals surface area contributed by atoms with Crippen molar-refractivity contribution in [1.29, 1.82) is 5.41 Å². The van der Waals surface area contributed by atoms with E-state index in [4.69, 9.17) is 11.1 Å². The van der Waals surface area contributed by atoms with Crippen LogP contribution >= 0.6 is 0 Å². The molecule has 0 fully saturated rings. The highest BCUT2D eigenvalue weighted by molar-refractivity contribution is 5.95. The maximum absolute atomic E-state index is 7.28. The zero-order valence-electron chi connectivity index (χ0n) is 8.20. The maximum Gasteiger partial charge on any atom is 0.122 e. The Morgan fingerprint density at radius 1 is 1.07 bits per heavy atom. The first-order chi connectivity index (χ1) is 7.27. The summed E-state index contributed by atoms with van der Waals surface area (Å²) in [6, 6.07) is 18.5. The second-order valence-corrected chi connectivity index (χ2v) is 3.27. The van der Waals surface area contributed by atoms with Gasteiger partial charge in [-0.2, -0.15) is 0 Å². The first kappa shape index (κ1) is 9.46. The van der Waals surface area contributed by atoms with Crippen LogP contribution in [0.15, 0.2) is 48.5 Å². The molecule has 15 heavy (non-hydrogen) atoms. The molecule has 0 aliphatic heterocycles. The van der Waals surface area contributed by atoms with Crippen molar-refractivity contribution in [2.75, 3.05) is 0 Å². The summed E-state index contributed by atoms with van der Waals surface area (Å²) in [6.07, 6.45) is 0. The van der Waals surface area contributed by atoms with Crippen LogP contribution in [-0.4, -0.2) is 5.84 Å². The Kier molecular flexibility index (Phi) is 2.50. The summed E-state index contributed by atoms with van der Waals surface area (Å²) in [5.74, 6) is 0.0959. The molecule has 0 saturated heterocycles. The van der Waals surface area contributed by atoms with Gasteiger partial charge in [0.25, 0.3) is 0 Å². The van der Waals surface area contributed by atoms with Gasteiger partial charge in [0.2, 0.25) is 0 Å². The van der Waals surface area contributed by atoms with Crippen LogP contribution < -0.4 is 5.73 Å². The molecule has 0 aromatic heterocycles. The largest absolute Gasteiger partial charge is 0.384 e. The molecule has 2 aromatic carbocycles. The van der Waals surface area contributed by atoms with E-state index in [1.807, 2.05) is 48.5 Å². The summed E-state index contributed by atoms with van der Waals surface area (Å²) in [6.45, 7) is 0. The number of benzene rings is 2. The Balaban J connectivity index is 2.36. The quantitative estimate of drug-likeness (QED) is 0.561. The number of hydrogen-bond donors (Lipinski definition) is 2. The Morgan fingerprint density at radius 2 is 1.80 bits per heavy atom. The minimum Gasteiger partial charge on any atom is -0.384 e. The number of rotatable bonds is 2. The van der Waals surface area contributed by atoms with E-state index < -0.39 is 0 Å². The fraction of sp³-hybridized carbons (Fsp3) is 0. The van der Waals surface area contributed by atoms with Crippen LogP contribution in [0.4, 0.5) is 0 Å². The molecule has 1 radical (unpaired) electrons. The molecule has 0 heterocycles. The van der Waals surface area contributed by atoms with E-state index in [1.54, 1.807) is 0 Å². The third-order valence-corrected chi connectivity index (χ3v) is 2.22. The topological polar surface area (TPSA) is 49.9 Å². The smallest absolute Gasteiger partial charge is 0.122 e. The molecule has 0 spiro atoms. The molecule has 0 amide bonds. The van der Waals surface area contributed by atoms with E-state index in [1.165, 1.54) is 0 Å². The van der Waals surface area contributed by atoms with Crippen LogP contribution in [0.25, 0.3) is 11.1 Å². The predicted molar refractivity (Wildman–Crippen MR) is 61.7 cm³/mol. The first-order valence-electron chi connectivity index (χ1n) is 4.69. The number of nitrogens with two attached hydrogens (primary N) is 1. The van der Waals surface area contributed by atoms with E-state index in [2.05, 4.69) is 6.07 Å². The average molecular weight is 195 g/mol. The summed E-state index contributed by atoms with van der Waals surface area (Å²) in [5, 5.41) is 7.28. The lowest BCUT2D eigenvalue weighted by Crippen LogP contribution is -2.10. The molecule has 2 aromatic rings. The minimum atomic E-state index is 0.0959. The lowest BCUT2D eigenvalue weighted by atomic mass is 10.0. The maximum atomic E-state index is 7.28. The van der Waals surface area contributed by atoms with E-state index in [0.717, 1.165) is 16.7 Å². The van der Waals surface area contributed by atoms with Crippen LogP contribution in [0.5, 0.6) is 0 Å². The number of nitrogens with one attached hydrogen (secondary N) is 1. The summed E-state index contributed by atoms with van der Waals surface area (Å²) in [4.78, 5) is 0. The molecular weight excluding hydrogens is 184 g/mol. The molecule has 0 saturated carbocycles. The fourth-order valence-corrected chi connectivity index (χ4v) is 1.40. The monoisotopic (exact) mass is 195 g/mol. The molecule has 3 N–H and O–H groups in total. The highest BCUT2D eigenvalue weighted by Crippen LogP contribution is 2.18. The molecule has 2 heteroatoms. The van der Waals surface area contributed by atoms with Gasteiger partial charge in [-0.05, 0) is 17.2 Å². The van der Waals surface area contributed by atoms with Gasteiger partial charge in [-0.15, -0.1) is 0 Å². The van der Waals surface area contributed by atoms with Crippen LogP contribution in [0.3, 0.4) is 0 Å². The van der Waals surface area contributed by atoms with Gasteiger partial charge in [0.05, 0.1) is 0 Å². The molecule has 0 bridgehead atoms. The Labute approximate surface area is 88.9 Å². The van der Waals surface area contributed by atoms with Gasteiger partial charge in [-0.25, -0.2) is 0 Å². The fourth-order valence-electron chi connectivity index (χ4n) is 1.40. The van der Waals surface area contributed by atoms with Crippen molar-refractivity contribution >= 4 is 5.84 Å². The van der Waals surface area contributed by atoms with Crippen LogP contribution in [0.2, 0.25) is 0 Å². The number of nitrogen functional groups attached to an aromatic ring is 1. The molecule has 0 aliphatic carbocycles. The van der Waals surface area contributed by atoms with Gasteiger partial charge in [0, 0.05) is 5.56 Å². The van der Waals surface area contributed by atoms with Gasteiger partial charge in [-0.3, -0.25) is 5.41 Å². The number of hydrogen-bond acceptors (Lipinski definition) is 1. The van der Waals surface area contributed by atoms with Crippen LogP contribution in [0.1, 0.15) is 5.56 Å². The molecule has 0 unspecified atom stereocenters. The number of amidine groups is 1. The first-order valence-corrected chi connectivity index (χ1v) is 4.69. The second kappa shape index (κ2) is 3.96. The zero-order valence-corrected chi connectivity index (χ0v) is 8.20. The molecule has 2 rings (SSSR count). The molecule has 0 aliphatic rings. The van der Waals surface area contributed by atoms with Gasteiger partial charge < -0.3 is 5.73 Å². The van der Waals surface area contributed by atoms with E-state index in [-0.39, 0.29) is 5.84 Å². The van der Waals surface area contributed by atoms with Gasteiger partial charge in [0.15, 0.2) is 0 Å². The molecular formula is C13H11N2. The molecule has 2 nitrogen and oxygen atoms in total. The highest BCUT2D eigenvalue weighted by Gasteiger charge is 1.98. The van der Waals surface area contributed by atoms with Crippen molar-refractivity contribution < 1.29 is 0 Å². The standard InChI is InChI=1S/C13H11N2/c14-13(15)12-8-6-11(7-9-12)10-4-2-1-3-5-10/h1-4,6-9H,(H3,14,15). The van der Waals surface area contributed by atoms with Crippen LogP contribution in [0, 0.1) is 11.5 Å². The van der Waals surface area contributed by atoms with E-state index in [0.29, 0.717) is 0 Å². The Hall–Kier alpha value is -2.09. The van der Waals surface area contributed by atoms with Crippen molar-refractivity contribution in [2.24, 2.45) is 5.73 Å². The Morgan fingerprint density at radius 3 is 2.33 bits per heavy atom. The Bertz CT molecular complexity index is 458. The van der Waals surface area contributed by atoms with Gasteiger partial charge in [0.1, 0.15) is 5.84 Å². The second-order valence-electron chi connectivity index (χ2n) is 3.27. The third kappa shape index (κ3) is 2.05. The van der Waals surface area contributed by atoms with Crippen molar-refractivity contribution in [1.82, 2.24) is 0 Å². The van der Waals surface area contributed by atoms with Crippen LogP contribution in [-0.2, 0) is 0 Å². The third-order valence-electron chi connectivity index (χ3n) is 2.22. The van der Waals surface area contributed by atoms with Crippen molar-refractivity contribution in [2.45, 2.75) is 0 Å². The van der Waals surface area contributed by atoms with Gasteiger partial charge >= 0.3 is 0 Å². The minimum absolute atomic E-state index is 0.0959. The lowest BCUT2D eigenvalue weighted by molar-refractivity contribution is 1.42. The zero-order chi connectivity index (χ0) is 10.7. The summed E-state index contributed by atoms with van der Waals surface area (Å²) in [7, 11) is 0. The van der Waals surface area contributed by atoms with Crippen molar-refractivity contribution in [3.05, 3.63) is 60.2 Å². The predicted octanol–water partition coefficient (Wildman–Crippen LogP) is 2.44. The van der Waals surface area contributed by atoms with E-state index in [9.17, 15) is 0 Å². The SMILES string of the molecule is N=C(N)c1ccc(-c2[c]cccc2)cc1. The average Bonchev–Trinajstić information content (AvgIpc) is 2.30. The molecule has 73 valence electrons. The van der Waals surface area contributed by atoms with Gasteiger partial charge in [-0.1, -0.05) is 48.5 Å². The van der Waals surface area contributed by atoms with Crippen molar-refractivity contribution in [3.63, 3.8) is 0 Å². The highest BCUT2D eigenvalue weighted by atomic mass is 14.7. The summed E-state index contributed by atoms with van der Waals surface area (Å²) < 4.78 is 0. The summed E-state index contributed by atoms with van der Waals surface area (Å²) in [5.41, 5.74) is 8.26. The summed E-state index contributed by atoms with van der Waals surface area (Å²) >= 11 is 0.